The van der Waals surface area contributed by atoms with Crippen LogP contribution in [-0.2, 0) is 26.1 Å². The van der Waals surface area contributed by atoms with Gasteiger partial charge in [0.25, 0.3) is 10.0 Å². The Balaban J connectivity index is 1.64. The monoisotopic (exact) mass is 377 g/mol. The van der Waals surface area contributed by atoms with E-state index in [4.69, 9.17) is 14.2 Å². The normalized spacial score (nSPS) is 17.7. The molecule has 2 aromatic rings. The summed E-state index contributed by atoms with van der Waals surface area (Å²) in [7, 11) is -2.20. The molecular weight excluding hydrogens is 354 g/mol. The predicted octanol–water partition coefficient (Wildman–Crippen LogP) is 3.54. The Morgan fingerprint density at radius 2 is 1.88 bits per heavy atom. The minimum absolute atomic E-state index is 0.167. The van der Waals surface area contributed by atoms with Gasteiger partial charge in [0.2, 0.25) is 0 Å². The lowest BCUT2D eigenvalue weighted by Crippen LogP contribution is -2.22. The summed E-state index contributed by atoms with van der Waals surface area (Å²) in [6.07, 6.45) is 2.91. The van der Waals surface area contributed by atoms with Gasteiger partial charge in [0, 0.05) is 6.61 Å². The van der Waals surface area contributed by atoms with Crippen molar-refractivity contribution in [2.75, 3.05) is 18.4 Å². The zero-order valence-corrected chi connectivity index (χ0v) is 15.5. The summed E-state index contributed by atoms with van der Waals surface area (Å²) in [6.45, 7) is 1.13. The average Bonchev–Trinajstić information content (AvgIpc) is 2.68. The fraction of sp³-hybridized carbons (Fsp3) is 0.368. The van der Waals surface area contributed by atoms with Crippen LogP contribution in [0.15, 0.2) is 53.4 Å². The summed E-state index contributed by atoms with van der Waals surface area (Å²) >= 11 is 0. The summed E-state index contributed by atoms with van der Waals surface area (Å²) in [6, 6.07) is 13.5. The third-order valence-corrected chi connectivity index (χ3v) is 5.54. The molecule has 2 aromatic carbocycles. The second-order valence-corrected chi connectivity index (χ2v) is 7.74. The molecule has 1 heterocycles. The molecule has 1 saturated heterocycles. The van der Waals surface area contributed by atoms with Crippen LogP contribution >= 0.6 is 0 Å². The van der Waals surface area contributed by atoms with E-state index in [-0.39, 0.29) is 11.2 Å². The molecule has 1 aliphatic rings. The van der Waals surface area contributed by atoms with E-state index in [0.29, 0.717) is 18.0 Å². The van der Waals surface area contributed by atoms with Crippen LogP contribution < -0.4 is 9.46 Å². The van der Waals surface area contributed by atoms with Crippen LogP contribution in [0.25, 0.3) is 0 Å². The van der Waals surface area contributed by atoms with Gasteiger partial charge in [-0.15, -0.1) is 0 Å². The lowest BCUT2D eigenvalue weighted by atomic mass is 10.2. The molecule has 0 radical (unpaired) electrons. The molecule has 1 atom stereocenters. The van der Waals surface area contributed by atoms with Crippen molar-refractivity contribution < 1.29 is 22.6 Å². The number of nitrogens with one attached hydrogen (secondary N) is 1. The molecule has 0 saturated carbocycles. The number of anilines is 1. The third kappa shape index (κ3) is 4.75. The van der Waals surface area contributed by atoms with E-state index in [1.54, 1.807) is 48.5 Å². The first-order valence-electron chi connectivity index (χ1n) is 8.56. The first-order valence-corrected chi connectivity index (χ1v) is 10.0. The van der Waals surface area contributed by atoms with Crippen LogP contribution in [0.1, 0.15) is 24.8 Å². The van der Waals surface area contributed by atoms with Gasteiger partial charge in [-0.25, -0.2) is 8.42 Å². The van der Waals surface area contributed by atoms with Crippen molar-refractivity contribution in [2.24, 2.45) is 0 Å². The quantitative estimate of drug-likeness (QED) is 0.799. The topological polar surface area (TPSA) is 73.9 Å². The van der Waals surface area contributed by atoms with Crippen LogP contribution in [0.2, 0.25) is 0 Å². The van der Waals surface area contributed by atoms with Crippen LogP contribution in [0.3, 0.4) is 0 Å². The van der Waals surface area contributed by atoms with Gasteiger partial charge in [-0.1, -0.05) is 24.3 Å². The van der Waals surface area contributed by atoms with Crippen molar-refractivity contribution in [1.29, 1.82) is 0 Å². The third-order valence-electron chi connectivity index (χ3n) is 4.16. The maximum Gasteiger partial charge on any atom is 0.262 e. The Morgan fingerprint density at radius 1 is 1.12 bits per heavy atom. The van der Waals surface area contributed by atoms with Crippen LogP contribution in [0.4, 0.5) is 5.69 Å². The molecule has 1 unspecified atom stereocenters. The molecule has 0 bridgehead atoms. The summed E-state index contributed by atoms with van der Waals surface area (Å²) in [5.74, 6) is 0.466. The number of para-hydroxylation sites is 2. The molecule has 0 aliphatic carbocycles. The highest BCUT2D eigenvalue weighted by molar-refractivity contribution is 7.92. The van der Waals surface area contributed by atoms with E-state index in [0.717, 1.165) is 31.4 Å². The first-order chi connectivity index (χ1) is 12.6. The molecule has 1 fully saturated rings. The molecule has 1 aliphatic heterocycles. The molecule has 26 heavy (non-hydrogen) atoms. The molecule has 1 N–H and O–H groups in total. The summed E-state index contributed by atoms with van der Waals surface area (Å²) in [5, 5.41) is 0. The van der Waals surface area contributed by atoms with Gasteiger partial charge in [-0.05, 0) is 49.1 Å². The fourth-order valence-corrected chi connectivity index (χ4v) is 3.80. The Bertz CT molecular complexity index is 814. The lowest BCUT2D eigenvalue weighted by Gasteiger charge is -2.22. The van der Waals surface area contributed by atoms with E-state index in [9.17, 15) is 8.42 Å². The number of sulfonamides is 1. The largest absolute Gasteiger partial charge is 0.495 e. The molecule has 6 nitrogen and oxygen atoms in total. The number of ether oxygens (including phenoxy) is 3. The van der Waals surface area contributed by atoms with E-state index in [2.05, 4.69) is 4.72 Å². The van der Waals surface area contributed by atoms with Crippen molar-refractivity contribution in [1.82, 2.24) is 0 Å². The zero-order valence-electron chi connectivity index (χ0n) is 14.7. The maximum atomic E-state index is 12.6. The predicted molar refractivity (Wildman–Crippen MR) is 98.6 cm³/mol. The smallest absolute Gasteiger partial charge is 0.262 e. The Kier molecular flexibility index (Phi) is 6.13. The van der Waals surface area contributed by atoms with E-state index < -0.39 is 10.0 Å². The first kappa shape index (κ1) is 18.7. The SMILES string of the molecule is COc1ccccc1NS(=O)(=O)c1ccc(COC2CCCCO2)cc1. The summed E-state index contributed by atoms with van der Waals surface area (Å²) in [5.41, 5.74) is 1.30. The summed E-state index contributed by atoms with van der Waals surface area (Å²) < 4.78 is 44.1. The van der Waals surface area contributed by atoms with E-state index in [1.165, 1.54) is 7.11 Å². The number of benzene rings is 2. The van der Waals surface area contributed by atoms with Crippen LogP contribution in [0.5, 0.6) is 5.75 Å². The Hall–Kier alpha value is -2.09. The number of rotatable bonds is 7. The highest BCUT2D eigenvalue weighted by atomic mass is 32.2. The van der Waals surface area contributed by atoms with Gasteiger partial charge in [0.15, 0.2) is 6.29 Å². The molecule has 140 valence electrons. The van der Waals surface area contributed by atoms with E-state index in [1.807, 2.05) is 0 Å². The van der Waals surface area contributed by atoms with E-state index >= 15 is 0 Å². The average molecular weight is 377 g/mol. The van der Waals surface area contributed by atoms with Gasteiger partial charge in [0.05, 0.1) is 24.3 Å². The molecule has 0 spiro atoms. The van der Waals surface area contributed by atoms with Crippen molar-refractivity contribution in [3.8, 4) is 5.75 Å². The van der Waals surface area contributed by atoms with Gasteiger partial charge in [-0.2, -0.15) is 0 Å². The molecular formula is C19H23NO5S. The van der Waals surface area contributed by atoms with Crippen molar-refractivity contribution in [3.63, 3.8) is 0 Å². The lowest BCUT2D eigenvalue weighted by molar-refractivity contribution is -0.168. The standard InChI is InChI=1S/C19H23NO5S/c1-23-18-7-3-2-6-17(18)20-26(21,22)16-11-9-15(10-12-16)14-25-19-8-4-5-13-24-19/h2-3,6-7,9-12,19-20H,4-5,8,13-14H2,1H3. The minimum Gasteiger partial charge on any atom is -0.495 e. The van der Waals surface area contributed by atoms with Crippen molar-refractivity contribution >= 4 is 15.7 Å². The highest BCUT2D eigenvalue weighted by Gasteiger charge is 2.17. The fourth-order valence-electron chi connectivity index (χ4n) is 2.73. The van der Waals surface area contributed by atoms with Crippen molar-refractivity contribution in [2.45, 2.75) is 37.1 Å². The second-order valence-electron chi connectivity index (χ2n) is 6.06. The maximum absolute atomic E-state index is 12.6. The number of hydrogen-bond donors (Lipinski definition) is 1. The zero-order chi connectivity index (χ0) is 18.4. The van der Waals surface area contributed by atoms with Gasteiger partial charge < -0.3 is 14.2 Å². The van der Waals surface area contributed by atoms with Crippen LogP contribution in [0, 0.1) is 0 Å². The van der Waals surface area contributed by atoms with Crippen LogP contribution in [-0.4, -0.2) is 28.4 Å². The second kappa shape index (κ2) is 8.53. The Morgan fingerprint density at radius 3 is 2.58 bits per heavy atom. The Labute approximate surface area is 154 Å². The molecule has 0 amide bonds. The van der Waals surface area contributed by atoms with Gasteiger partial charge in [-0.3, -0.25) is 4.72 Å². The summed E-state index contributed by atoms with van der Waals surface area (Å²) in [4.78, 5) is 0.182. The number of hydrogen-bond acceptors (Lipinski definition) is 5. The number of methoxy groups -OCH3 is 1. The van der Waals surface area contributed by atoms with Gasteiger partial charge >= 0.3 is 0 Å². The molecule has 0 aromatic heterocycles. The van der Waals surface area contributed by atoms with Gasteiger partial charge in [0.1, 0.15) is 5.75 Å². The molecule has 7 heteroatoms. The highest BCUT2D eigenvalue weighted by Crippen LogP contribution is 2.26. The minimum atomic E-state index is -3.69. The molecule has 3 rings (SSSR count). The van der Waals surface area contributed by atoms with Crippen molar-refractivity contribution in [3.05, 3.63) is 54.1 Å².